The molecular weight excluding hydrogens is 450 g/mol. The van der Waals surface area contributed by atoms with Gasteiger partial charge in [-0.2, -0.15) is 0 Å². The lowest BCUT2D eigenvalue weighted by Gasteiger charge is -2.35. The molecule has 1 heterocycles. The minimum atomic E-state index is -1.16. The first-order valence-corrected chi connectivity index (χ1v) is 11.8. The van der Waals surface area contributed by atoms with Gasteiger partial charge in [0.1, 0.15) is 12.6 Å². The van der Waals surface area contributed by atoms with Gasteiger partial charge in [-0.05, 0) is 28.7 Å². The van der Waals surface area contributed by atoms with E-state index in [1.807, 2.05) is 43.3 Å². The highest BCUT2D eigenvalue weighted by Gasteiger charge is 2.35. The Kier molecular flexibility index (Phi) is 7.33. The minimum Gasteiger partial charge on any atom is -0.481 e. The van der Waals surface area contributed by atoms with Crippen molar-refractivity contribution in [1.29, 1.82) is 0 Å². The smallest absolute Gasteiger partial charge is 0.407 e. The largest absolute Gasteiger partial charge is 0.481 e. The molecule has 0 aromatic heterocycles. The van der Waals surface area contributed by atoms with Crippen LogP contribution in [0, 0.1) is 0 Å². The molecule has 1 unspecified atom stereocenters. The number of alkyl carbamates (subject to hydrolysis) is 1. The fourth-order valence-corrected chi connectivity index (χ4v) is 4.81. The zero-order valence-electron chi connectivity index (χ0n) is 19.5. The standard InChI is InChI=1S/C26H29N3O6/c1-2-16(13-23(30)29-12-11-27-25(33)22(29)14-24(31)32)28-26(34)35-15-21-19-9-5-3-7-17(19)18-8-4-6-10-20(18)21/h3-10,16,21-22H,2,11-15H2,1H3,(H,27,33)(H,28,34)(H,31,32)/t16-,22?/m0/s1. The molecule has 9 nitrogen and oxygen atoms in total. The number of aliphatic carboxylic acids is 1. The number of rotatable bonds is 8. The summed E-state index contributed by atoms with van der Waals surface area (Å²) < 4.78 is 5.57. The molecule has 2 atom stereocenters. The second kappa shape index (κ2) is 10.6. The van der Waals surface area contributed by atoms with Crippen molar-refractivity contribution in [2.24, 2.45) is 0 Å². The monoisotopic (exact) mass is 479 g/mol. The van der Waals surface area contributed by atoms with E-state index in [0.29, 0.717) is 6.42 Å². The van der Waals surface area contributed by atoms with E-state index in [9.17, 15) is 19.2 Å². The maximum absolute atomic E-state index is 12.9. The number of piperazine rings is 1. The van der Waals surface area contributed by atoms with Gasteiger partial charge in [-0.15, -0.1) is 0 Å². The number of hydrogen-bond donors (Lipinski definition) is 3. The van der Waals surface area contributed by atoms with E-state index in [1.54, 1.807) is 0 Å². The number of carboxylic acids is 1. The number of benzene rings is 2. The zero-order valence-corrected chi connectivity index (χ0v) is 19.5. The average molecular weight is 480 g/mol. The maximum atomic E-state index is 12.9. The van der Waals surface area contributed by atoms with Crippen LogP contribution in [0.4, 0.5) is 4.79 Å². The maximum Gasteiger partial charge on any atom is 0.407 e. The Labute approximate surface area is 203 Å². The van der Waals surface area contributed by atoms with Crippen molar-refractivity contribution in [3.63, 3.8) is 0 Å². The van der Waals surface area contributed by atoms with E-state index in [0.717, 1.165) is 22.3 Å². The van der Waals surface area contributed by atoms with Crippen molar-refractivity contribution in [1.82, 2.24) is 15.5 Å². The van der Waals surface area contributed by atoms with Gasteiger partial charge in [-0.3, -0.25) is 14.4 Å². The summed E-state index contributed by atoms with van der Waals surface area (Å²) in [5.41, 5.74) is 4.49. The summed E-state index contributed by atoms with van der Waals surface area (Å²) in [4.78, 5) is 50.0. The van der Waals surface area contributed by atoms with E-state index in [1.165, 1.54) is 4.90 Å². The van der Waals surface area contributed by atoms with E-state index in [2.05, 4.69) is 22.8 Å². The van der Waals surface area contributed by atoms with Gasteiger partial charge in [0.2, 0.25) is 11.8 Å². The minimum absolute atomic E-state index is 0.0515. The lowest BCUT2D eigenvalue weighted by Crippen LogP contribution is -2.58. The van der Waals surface area contributed by atoms with Crippen molar-refractivity contribution in [3.8, 4) is 11.1 Å². The van der Waals surface area contributed by atoms with Crippen LogP contribution in [0.5, 0.6) is 0 Å². The number of hydrogen-bond acceptors (Lipinski definition) is 5. The molecule has 1 saturated heterocycles. The van der Waals surface area contributed by atoms with Crippen LogP contribution < -0.4 is 10.6 Å². The molecular formula is C26H29N3O6. The number of nitrogens with zero attached hydrogens (tertiary/aromatic N) is 1. The van der Waals surface area contributed by atoms with Crippen LogP contribution in [0.1, 0.15) is 43.2 Å². The van der Waals surface area contributed by atoms with Gasteiger partial charge in [0.25, 0.3) is 0 Å². The third-order valence-electron chi connectivity index (χ3n) is 6.60. The van der Waals surface area contributed by atoms with Crippen LogP contribution in [-0.4, -0.2) is 65.7 Å². The number of carbonyl (C=O) groups is 4. The quantitative estimate of drug-likeness (QED) is 0.534. The predicted octanol–water partition coefficient (Wildman–Crippen LogP) is 2.50. The highest BCUT2D eigenvalue weighted by Crippen LogP contribution is 2.44. The van der Waals surface area contributed by atoms with Gasteiger partial charge in [0.15, 0.2) is 0 Å². The average Bonchev–Trinajstić information content (AvgIpc) is 3.17. The molecule has 1 aliphatic carbocycles. The van der Waals surface area contributed by atoms with Crippen LogP contribution in [0.25, 0.3) is 11.1 Å². The first-order valence-electron chi connectivity index (χ1n) is 11.8. The number of carboxylic acid groups (broad SMARTS) is 1. The Morgan fingerprint density at radius 3 is 2.34 bits per heavy atom. The SMILES string of the molecule is CC[C@@H](CC(=O)N1CCNC(=O)C1CC(=O)O)NC(=O)OCC1c2ccccc2-c2ccccc21. The van der Waals surface area contributed by atoms with Crippen LogP contribution in [-0.2, 0) is 19.1 Å². The van der Waals surface area contributed by atoms with Crippen molar-refractivity contribution in [3.05, 3.63) is 59.7 Å². The van der Waals surface area contributed by atoms with E-state index in [-0.39, 0.29) is 37.9 Å². The van der Waals surface area contributed by atoms with Gasteiger partial charge >= 0.3 is 12.1 Å². The summed E-state index contributed by atoms with van der Waals surface area (Å²) in [5, 5.41) is 14.5. The van der Waals surface area contributed by atoms with Gasteiger partial charge in [0, 0.05) is 31.5 Å². The molecule has 9 heteroatoms. The van der Waals surface area contributed by atoms with Crippen molar-refractivity contribution >= 4 is 23.9 Å². The van der Waals surface area contributed by atoms with Crippen LogP contribution in [0.15, 0.2) is 48.5 Å². The molecule has 2 aromatic carbocycles. The Bertz CT molecular complexity index is 1090. The highest BCUT2D eigenvalue weighted by atomic mass is 16.5. The fraction of sp³-hybridized carbons (Fsp3) is 0.385. The van der Waals surface area contributed by atoms with E-state index < -0.39 is 36.5 Å². The van der Waals surface area contributed by atoms with Gasteiger partial charge < -0.3 is 25.4 Å². The molecule has 4 rings (SSSR count). The molecule has 2 aromatic rings. The second-order valence-corrected chi connectivity index (χ2v) is 8.77. The predicted molar refractivity (Wildman–Crippen MR) is 128 cm³/mol. The molecule has 1 fully saturated rings. The Hall–Kier alpha value is -3.88. The summed E-state index contributed by atoms with van der Waals surface area (Å²) in [6, 6.07) is 14.5. The Balaban J connectivity index is 1.36. The van der Waals surface area contributed by atoms with Crippen molar-refractivity contribution < 1.29 is 29.0 Å². The number of nitrogens with one attached hydrogen (secondary N) is 2. The van der Waals surface area contributed by atoms with Crippen LogP contribution >= 0.6 is 0 Å². The molecule has 3 N–H and O–H groups in total. The molecule has 0 saturated carbocycles. The molecule has 35 heavy (non-hydrogen) atoms. The molecule has 0 radical (unpaired) electrons. The lowest BCUT2D eigenvalue weighted by atomic mass is 9.98. The molecule has 3 amide bonds. The summed E-state index contributed by atoms with van der Waals surface area (Å²) in [6.07, 6.45) is -0.664. The molecule has 184 valence electrons. The first-order chi connectivity index (χ1) is 16.9. The molecule has 1 aliphatic heterocycles. The summed E-state index contributed by atoms with van der Waals surface area (Å²) in [6.45, 7) is 2.48. The summed E-state index contributed by atoms with van der Waals surface area (Å²) in [5.74, 6) is -2.09. The number of ether oxygens (including phenoxy) is 1. The Morgan fingerprint density at radius 1 is 1.11 bits per heavy atom. The van der Waals surface area contributed by atoms with Gasteiger partial charge in [0.05, 0.1) is 6.42 Å². The number of fused-ring (bicyclic) bond motifs is 3. The van der Waals surface area contributed by atoms with E-state index in [4.69, 9.17) is 9.84 Å². The first kappa shape index (κ1) is 24.3. The topological polar surface area (TPSA) is 125 Å². The molecule has 0 bridgehead atoms. The second-order valence-electron chi connectivity index (χ2n) is 8.77. The van der Waals surface area contributed by atoms with Crippen LogP contribution in [0.3, 0.4) is 0 Å². The van der Waals surface area contributed by atoms with Crippen LogP contribution in [0.2, 0.25) is 0 Å². The third-order valence-corrected chi connectivity index (χ3v) is 6.60. The summed E-state index contributed by atoms with van der Waals surface area (Å²) >= 11 is 0. The number of amides is 3. The fourth-order valence-electron chi connectivity index (χ4n) is 4.81. The normalized spacial score (nSPS) is 17.7. The zero-order chi connectivity index (χ0) is 24.9. The third kappa shape index (κ3) is 5.29. The summed E-state index contributed by atoms with van der Waals surface area (Å²) in [7, 11) is 0. The van der Waals surface area contributed by atoms with E-state index >= 15 is 0 Å². The van der Waals surface area contributed by atoms with Crippen molar-refractivity contribution in [2.75, 3.05) is 19.7 Å². The molecule has 0 spiro atoms. The van der Waals surface area contributed by atoms with Crippen molar-refractivity contribution in [2.45, 2.75) is 44.2 Å². The molecule has 2 aliphatic rings. The van der Waals surface area contributed by atoms with Gasteiger partial charge in [-0.25, -0.2) is 4.79 Å². The highest BCUT2D eigenvalue weighted by molar-refractivity contribution is 5.92. The Morgan fingerprint density at radius 2 is 1.74 bits per heavy atom. The number of carbonyl (C=O) groups excluding carboxylic acids is 3. The lowest BCUT2D eigenvalue weighted by molar-refractivity contribution is -0.148. The van der Waals surface area contributed by atoms with Gasteiger partial charge in [-0.1, -0.05) is 55.5 Å².